The number of benzene rings is 2. The Labute approximate surface area is 185 Å². The molecule has 2 aromatic heterocycles. The highest BCUT2D eigenvalue weighted by molar-refractivity contribution is 5.80. The van der Waals surface area contributed by atoms with Crippen molar-refractivity contribution < 1.29 is 9.47 Å². The molecule has 0 aliphatic heterocycles. The zero-order valence-corrected chi connectivity index (χ0v) is 18.2. The smallest absolute Gasteiger partial charge is 0.252 e. The number of aromatic nitrogens is 5. The highest BCUT2D eigenvalue weighted by atomic mass is 16.5. The molecule has 32 heavy (non-hydrogen) atoms. The van der Waals surface area contributed by atoms with Crippen LogP contribution in [0.3, 0.4) is 0 Å². The molecule has 0 amide bonds. The van der Waals surface area contributed by atoms with Crippen molar-refractivity contribution in [3.8, 4) is 5.75 Å². The second kappa shape index (κ2) is 10.2. The van der Waals surface area contributed by atoms with E-state index in [9.17, 15) is 4.79 Å². The van der Waals surface area contributed by atoms with Gasteiger partial charge in [-0.2, -0.15) is 0 Å². The number of fused-ring (bicyclic) bond motifs is 1. The molecular formula is C23H26N6O3. The number of hydrogen-bond acceptors (Lipinski definition) is 7. The van der Waals surface area contributed by atoms with Gasteiger partial charge in [-0.3, -0.25) is 9.69 Å². The van der Waals surface area contributed by atoms with E-state index in [1.165, 1.54) is 0 Å². The van der Waals surface area contributed by atoms with E-state index in [1.54, 1.807) is 18.9 Å². The van der Waals surface area contributed by atoms with Crippen molar-refractivity contribution >= 4 is 10.9 Å². The first kappa shape index (κ1) is 21.7. The maximum absolute atomic E-state index is 12.8. The Morgan fingerprint density at radius 2 is 1.88 bits per heavy atom. The van der Waals surface area contributed by atoms with Crippen molar-refractivity contribution in [1.29, 1.82) is 0 Å². The summed E-state index contributed by atoms with van der Waals surface area (Å²) in [5.74, 6) is 1.43. The lowest BCUT2D eigenvalue weighted by Crippen LogP contribution is -2.28. The summed E-state index contributed by atoms with van der Waals surface area (Å²) in [7, 11) is 3.25. The van der Waals surface area contributed by atoms with Gasteiger partial charge >= 0.3 is 0 Å². The fraction of sp³-hybridized carbons (Fsp3) is 0.304. The molecule has 2 aromatic carbocycles. The van der Waals surface area contributed by atoms with Crippen LogP contribution in [0, 0.1) is 0 Å². The quantitative estimate of drug-likeness (QED) is 0.409. The first-order valence-corrected chi connectivity index (χ1v) is 10.4. The van der Waals surface area contributed by atoms with Crippen LogP contribution >= 0.6 is 0 Å². The second-order valence-electron chi connectivity index (χ2n) is 7.52. The average Bonchev–Trinajstić information content (AvgIpc) is 3.25. The number of rotatable bonds is 10. The highest BCUT2D eigenvalue weighted by Crippen LogP contribution is 2.19. The molecule has 9 heteroatoms. The molecule has 0 unspecified atom stereocenters. The number of pyridine rings is 1. The lowest BCUT2D eigenvalue weighted by atomic mass is 10.1. The van der Waals surface area contributed by atoms with Crippen LogP contribution in [0.25, 0.3) is 10.9 Å². The van der Waals surface area contributed by atoms with Crippen LogP contribution in [-0.2, 0) is 30.9 Å². The predicted molar refractivity (Wildman–Crippen MR) is 120 cm³/mol. The van der Waals surface area contributed by atoms with Gasteiger partial charge < -0.3 is 14.5 Å². The Morgan fingerprint density at radius 3 is 2.66 bits per heavy atom. The van der Waals surface area contributed by atoms with Crippen molar-refractivity contribution in [2.75, 3.05) is 20.8 Å². The number of hydrogen-bond donors (Lipinski definition) is 1. The zero-order chi connectivity index (χ0) is 22.3. The molecule has 0 radical (unpaired) electrons. The molecule has 4 aromatic rings. The topological polar surface area (TPSA) is 98.2 Å². The van der Waals surface area contributed by atoms with Crippen LogP contribution in [-0.4, -0.2) is 50.9 Å². The van der Waals surface area contributed by atoms with Gasteiger partial charge in [0.2, 0.25) is 0 Å². The highest BCUT2D eigenvalue weighted by Gasteiger charge is 2.16. The van der Waals surface area contributed by atoms with Gasteiger partial charge in [-0.25, -0.2) is 4.68 Å². The number of methoxy groups -OCH3 is 2. The van der Waals surface area contributed by atoms with E-state index in [0.29, 0.717) is 44.1 Å². The normalized spacial score (nSPS) is 11.3. The van der Waals surface area contributed by atoms with Crippen LogP contribution in [0.5, 0.6) is 5.75 Å². The molecule has 0 saturated heterocycles. The third-order valence-electron chi connectivity index (χ3n) is 5.25. The molecule has 0 fully saturated rings. The molecule has 9 nitrogen and oxygen atoms in total. The average molecular weight is 435 g/mol. The van der Waals surface area contributed by atoms with Crippen molar-refractivity contribution in [3.63, 3.8) is 0 Å². The summed E-state index contributed by atoms with van der Waals surface area (Å²) < 4.78 is 12.2. The van der Waals surface area contributed by atoms with Crippen LogP contribution in [0.2, 0.25) is 0 Å². The number of ether oxygens (including phenoxy) is 2. The minimum absolute atomic E-state index is 0.122. The van der Waals surface area contributed by atoms with E-state index >= 15 is 0 Å². The predicted octanol–water partition coefficient (Wildman–Crippen LogP) is 2.37. The van der Waals surface area contributed by atoms with E-state index in [-0.39, 0.29) is 5.56 Å². The number of tetrazole rings is 1. The van der Waals surface area contributed by atoms with Crippen molar-refractivity contribution in [2.45, 2.75) is 26.2 Å². The van der Waals surface area contributed by atoms with Gasteiger partial charge in [0.25, 0.3) is 5.56 Å². The molecule has 2 heterocycles. The van der Waals surface area contributed by atoms with E-state index in [1.807, 2.05) is 42.5 Å². The summed E-state index contributed by atoms with van der Waals surface area (Å²) in [6, 6.07) is 17.7. The summed E-state index contributed by atoms with van der Waals surface area (Å²) in [6.07, 6.45) is 0. The molecule has 0 aliphatic carbocycles. The maximum Gasteiger partial charge on any atom is 0.252 e. The van der Waals surface area contributed by atoms with Crippen LogP contribution < -0.4 is 10.3 Å². The van der Waals surface area contributed by atoms with Crippen LogP contribution in [0.4, 0.5) is 0 Å². The molecule has 0 atom stereocenters. The molecule has 4 rings (SSSR count). The number of H-pyrrole nitrogens is 1. The Bertz CT molecular complexity index is 1220. The molecule has 0 aliphatic rings. The summed E-state index contributed by atoms with van der Waals surface area (Å²) in [6.45, 7) is 2.67. The summed E-state index contributed by atoms with van der Waals surface area (Å²) in [5.41, 5.74) is 2.44. The fourth-order valence-corrected chi connectivity index (χ4v) is 3.61. The SMILES string of the molecule is COCCn1nnnc1CN(Cc1ccccc1)Cc1cc2ccc(OC)cc2[nH]c1=O. The van der Waals surface area contributed by atoms with Gasteiger partial charge in [0.05, 0.1) is 32.3 Å². The van der Waals surface area contributed by atoms with E-state index in [2.05, 4.69) is 37.5 Å². The van der Waals surface area contributed by atoms with Crippen LogP contribution in [0.1, 0.15) is 17.0 Å². The Kier molecular flexibility index (Phi) is 6.88. The monoisotopic (exact) mass is 434 g/mol. The Balaban J connectivity index is 1.62. The standard InChI is InChI=1S/C23H26N6O3/c1-31-11-10-29-22(25-26-27-29)16-28(14-17-6-4-3-5-7-17)15-19-12-18-8-9-20(32-2)13-21(18)24-23(19)30/h3-9,12-13H,10-11,14-16H2,1-2H3,(H,24,30). The maximum atomic E-state index is 12.8. The molecule has 0 bridgehead atoms. The Morgan fingerprint density at radius 1 is 1.03 bits per heavy atom. The fourth-order valence-electron chi connectivity index (χ4n) is 3.61. The van der Waals surface area contributed by atoms with Crippen molar-refractivity contribution in [3.05, 3.63) is 81.9 Å². The number of nitrogens with one attached hydrogen (secondary N) is 1. The van der Waals surface area contributed by atoms with Gasteiger partial charge in [0, 0.05) is 31.8 Å². The third kappa shape index (κ3) is 5.19. The van der Waals surface area contributed by atoms with Gasteiger partial charge in [-0.1, -0.05) is 30.3 Å². The molecule has 1 N–H and O–H groups in total. The first-order chi connectivity index (χ1) is 15.7. The molecular weight excluding hydrogens is 408 g/mol. The van der Waals surface area contributed by atoms with Gasteiger partial charge in [-0.15, -0.1) is 5.10 Å². The summed E-state index contributed by atoms with van der Waals surface area (Å²) in [4.78, 5) is 18.0. The van der Waals surface area contributed by atoms with Gasteiger partial charge in [0.15, 0.2) is 5.82 Å². The van der Waals surface area contributed by atoms with Crippen molar-refractivity contribution in [1.82, 2.24) is 30.1 Å². The van der Waals surface area contributed by atoms with E-state index < -0.39 is 0 Å². The van der Waals surface area contributed by atoms with Gasteiger partial charge in [0.1, 0.15) is 5.75 Å². The zero-order valence-electron chi connectivity index (χ0n) is 18.2. The largest absolute Gasteiger partial charge is 0.497 e. The lowest BCUT2D eigenvalue weighted by molar-refractivity contribution is 0.177. The van der Waals surface area contributed by atoms with Crippen molar-refractivity contribution in [2.24, 2.45) is 0 Å². The molecule has 0 saturated carbocycles. The third-order valence-corrected chi connectivity index (χ3v) is 5.25. The Hall–Kier alpha value is -3.56. The van der Waals surface area contributed by atoms with E-state index in [4.69, 9.17) is 9.47 Å². The van der Waals surface area contributed by atoms with Crippen LogP contribution in [0.15, 0.2) is 59.4 Å². The summed E-state index contributed by atoms with van der Waals surface area (Å²) >= 11 is 0. The lowest BCUT2D eigenvalue weighted by Gasteiger charge is -2.22. The molecule has 166 valence electrons. The number of aromatic amines is 1. The molecule has 0 spiro atoms. The second-order valence-corrected chi connectivity index (χ2v) is 7.52. The minimum atomic E-state index is -0.122. The summed E-state index contributed by atoms with van der Waals surface area (Å²) in [5, 5.41) is 13.0. The van der Waals surface area contributed by atoms with Gasteiger partial charge in [-0.05, 0) is 39.6 Å². The van der Waals surface area contributed by atoms with E-state index in [0.717, 1.165) is 22.3 Å². The minimum Gasteiger partial charge on any atom is -0.497 e. The number of nitrogens with zero attached hydrogens (tertiary/aromatic N) is 5. The first-order valence-electron chi connectivity index (χ1n) is 10.4.